The number of likely N-dealkylation sites (N-methyl/N-ethyl adjacent to an activating group) is 2. The number of imide groups is 1. The lowest BCUT2D eigenvalue weighted by Gasteiger charge is -2.33. The summed E-state index contributed by atoms with van der Waals surface area (Å²) in [6.07, 6.45) is 2.00. The number of carbonyl (C=O) groups is 10. The summed E-state index contributed by atoms with van der Waals surface area (Å²) in [6, 6.07) is 8.74. The predicted molar refractivity (Wildman–Crippen MR) is 318 cm³/mol. The molecule has 10 amide bonds. The van der Waals surface area contributed by atoms with Crippen LogP contribution in [0.3, 0.4) is 0 Å². The van der Waals surface area contributed by atoms with Crippen LogP contribution in [-0.4, -0.2) is 164 Å². The van der Waals surface area contributed by atoms with E-state index >= 15 is 0 Å². The number of unbranched alkanes of at least 4 members (excludes halogenated alkanes) is 1. The monoisotopic (exact) mass is 1200 g/mol. The zero-order valence-corrected chi connectivity index (χ0v) is 51.5. The van der Waals surface area contributed by atoms with Crippen LogP contribution in [-0.2, 0) is 54.3 Å². The molecule has 0 saturated carbocycles. The van der Waals surface area contributed by atoms with E-state index in [1.807, 2.05) is 39.5 Å². The molecule has 2 fully saturated rings. The number of hydrogen-bond donors (Lipinski definition) is 6. The normalized spacial score (nSPS) is 18.5. The van der Waals surface area contributed by atoms with Crippen LogP contribution >= 0.6 is 0 Å². The van der Waals surface area contributed by atoms with Gasteiger partial charge in [0.15, 0.2) is 0 Å². The van der Waals surface area contributed by atoms with E-state index < -0.39 is 83.4 Å². The van der Waals surface area contributed by atoms with Gasteiger partial charge in [-0.15, -0.1) is 0 Å². The molecule has 25 heteroatoms. The molecule has 5 rings (SSSR count). The molecule has 3 aliphatic rings. The molecule has 3 unspecified atom stereocenters. The molecule has 2 aliphatic heterocycles. The van der Waals surface area contributed by atoms with Gasteiger partial charge >= 0.3 is 30.3 Å². The molecule has 7 N–H and O–H groups in total. The van der Waals surface area contributed by atoms with E-state index in [-0.39, 0.29) is 95.9 Å². The highest BCUT2D eigenvalue weighted by atomic mass is 16.6. The highest BCUT2D eigenvalue weighted by Crippen LogP contribution is 2.45. The number of anilines is 1. The summed E-state index contributed by atoms with van der Waals surface area (Å²) in [5, 5.41) is 11.5. The molecule has 474 valence electrons. The van der Waals surface area contributed by atoms with E-state index in [0.717, 1.165) is 40.1 Å². The lowest BCUT2D eigenvalue weighted by atomic mass is 9.81. The first-order valence-electron chi connectivity index (χ1n) is 30.1. The maximum absolute atomic E-state index is 14.2. The van der Waals surface area contributed by atoms with Crippen LogP contribution in [0.2, 0.25) is 0 Å². The number of allylic oxidation sites excluding steroid dienone is 1. The molecular formula is C61H90N10O15. The first-order chi connectivity index (χ1) is 41.1. The Hall–Kier alpha value is -7.80. The zero-order valence-electron chi connectivity index (χ0n) is 51.5. The summed E-state index contributed by atoms with van der Waals surface area (Å²) >= 11 is 0. The van der Waals surface area contributed by atoms with Crippen molar-refractivity contribution < 1.29 is 71.6 Å². The standard InChI is InChI=1S/C61H90N10O15/c1-10-15-26-64-58(79)83-33-32-82-31-30-70(60(81)85-44-22-23-46-47(36-44)45(12-3)42-34-49(46)86-56(77)61(8,13-4)25-24-50(72)69(14-5)37-42)29-28-68(9)59(80)84-38-40-18-20-43(21-19-40)65-53(74)48(17-16-27-63-57(62)78)66-54(75)52(39(6)7)67-71-51(73)35-41(11-2)55(71)76/h18-23,36,39,41,48-49,52,67H,10-17,24-35,37-38H2,1-9H3,(H,64,79)(H,65,74)(H,66,75)(H3,62,63,78)/t41?,48-,49?,52-,61?/m0/s1. The smallest absolute Gasteiger partial charge is 0.415 e. The summed E-state index contributed by atoms with van der Waals surface area (Å²) in [5.74, 6) is -3.17. The number of carbonyl (C=O) groups excluding carboxylic acids is 10. The third kappa shape index (κ3) is 19.9. The number of urea groups is 1. The number of hydrogen-bond acceptors (Lipinski definition) is 16. The van der Waals surface area contributed by atoms with Gasteiger partial charge in [0.2, 0.25) is 29.5 Å². The highest BCUT2D eigenvalue weighted by molar-refractivity contribution is 6.03. The first-order valence-corrected chi connectivity index (χ1v) is 30.1. The molecule has 2 aromatic rings. The molecule has 0 aromatic heterocycles. The molecule has 1 aliphatic carbocycles. The van der Waals surface area contributed by atoms with E-state index in [1.54, 1.807) is 63.2 Å². The van der Waals surface area contributed by atoms with Gasteiger partial charge in [0.05, 0.1) is 18.6 Å². The number of nitrogens with two attached hydrogens (primary N) is 1. The molecule has 0 spiro atoms. The summed E-state index contributed by atoms with van der Waals surface area (Å²) in [5.41, 5.74) is 11.5. The number of alkyl carbamates (subject to hydrolysis) is 1. The van der Waals surface area contributed by atoms with Gasteiger partial charge in [0, 0.05) is 89.3 Å². The number of rotatable bonds is 30. The number of nitrogens with one attached hydrogen (secondary N) is 5. The minimum atomic E-state index is -1.11. The maximum Gasteiger partial charge on any atom is 0.415 e. The largest absolute Gasteiger partial charge is 0.457 e. The van der Waals surface area contributed by atoms with Crippen molar-refractivity contribution in [3.05, 3.63) is 64.7 Å². The molecule has 86 heavy (non-hydrogen) atoms. The van der Waals surface area contributed by atoms with Gasteiger partial charge in [-0.2, -0.15) is 0 Å². The SMILES string of the molecule is CCCCNC(=O)OCCOCCN(CCN(C)C(=O)OCc1ccc(NC(=O)[C@H](CCCNC(N)=O)NC(=O)[C@@H](NN2C(=O)CC(CC)C2=O)C(C)C)cc1)C(=O)Oc1ccc2c(c1)C(CC)=C1CC2OC(=O)C(C)(CC)CCC(=O)N(CC)C1. The Kier molecular flexibility index (Phi) is 27.1. The fourth-order valence-corrected chi connectivity index (χ4v) is 10.1. The van der Waals surface area contributed by atoms with Gasteiger partial charge in [-0.25, -0.2) is 29.6 Å². The Morgan fingerprint density at radius 1 is 0.837 bits per heavy atom. The molecule has 2 heterocycles. The van der Waals surface area contributed by atoms with Crippen molar-refractivity contribution in [1.82, 2.24) is 41.1 Å². The number of benzene rings is 2. The Balaban J connectivity index is 1.24. The summed E-state index contributed by atoms with van der Waals surface area (Å²) in [4.78, 5) is 136. The Morgan fingerprint density at radius 3 is 2.22 bits per heavy atom. The number of esters is 1. The molecule has 2 aromatic carbocycles. The van der Waals surface area contributed by atoms with E-state index in [0.29, 0.717) is 63.0 Å². The number of nitrogens with zero attached hydrogens (tertiary/aromatic N) is 4. The number of hydrazine groups is 1. The molecule has 0 radical (unpaired) electrons. The van der Waals surface area contributed by atoms with Crippen molar-refractivity contribution in [3.8, 4) is 5.75 Å². The maximum atomic E-state index is 14.2. The number of amides is 10. The second-order valence-electron chi connectivity index (χ2n) is 22.4. The van der Waals surface area contributed by atoms with Crippen LogP contribution in [0.25, 0.3) is 5.57 Å². The molecule has 25 nitrogen and oxygen atoms in total. The molecule has 2 saturated heterocycles. The minimum absolute atomic E-state index is 0.00465. The molecular weight excluding hydrogens is 1110 g/mol. The second kappa shape index (κ2) is 33.8. The summed E-state index contributed by atoms with van der Waals surface area (Å²) < 4.78 is 28.9. The predicted octanol–water partition coefficient (Wildman–Crippen LogP) is 6.70. The third-order valence-electron chi connectivity index (χ3n) is 15.8. The van der Waals surface area contributed by atoms with Gasteiger partial charge in [-0.05, 0) is 111 Å². The highest BCUT2D eigenvalue weighted by Gasteiger charge is 2.42. The number of fused-ring (bicyclic) bond motifs is 4. The second-order valence-corrected chi connectivity index (χ2v) is 22.4. The summed E-state index contributed by atoms with van der Waals surface area (Å²) in [6.45, 7) is 16.3. The van der Waals surface area contributed by atoms with Crippen LogP contribution in [0.4, 0.5) is 24.9 Å². The Bertz CT molecular complexity index is 2740. The van der Waals surface area contributed by atoms with Crippen molar-refractivity contribution in [2.45, 2.75) is 151 Å². The van der Waals surface area contributed by atoms with Crippen molar-refractivity contribution in [3.63, 3.8) is 0 Å². The fourth-order valence-electron chi connectivity index (χ4n) is 10.1. The van der Waals surface area contributed by atoms with Crippen LogP contribution in [0.15, 0.2) is 48.0 Å². The Morgan fingerprint density at radius 2 is 1.57 bits per heavy atom. The number of primary amides is 1. The third-order valence-corrected chi connectivity index (χ3v) is 15.8. The average molecular weight is 1200 g/mol. The molecule has 2 bridgehead atoms. The quantitative estimate of drug-likeness (QED) is 0.0205. The lowest BCUT2D eigenvalue weighted by Crippen LogP contribution is -2.58. The lowest BCUT2D eigenvalue weighted by molar-refractivity contribution is -0.162. The molecule has 5 atom stereocenters. The number of ether oxygens (including phenoxy) is 5. The zero-order chi connectivity index (χ0) is 63.1. The Labute approximate surface area is 504 Å². The minimum Gasteiger partial charge on any atom is -0.457 e. The van der Waals surface area contributed by atoms with Crippen molar-refractivity contribution in [1.29, 1.82) is 0 Å². The van der Waals surface area contributed by atoms with E-state index in [1.165, 1.54) is 16.8 Å². The van der Waals surface area contributed by atoms with Gasteiger partial charge < -0.3 is 65.4 Å². The average Bonchev–Trinajstić information content (AvgIpc) is 1.16. The van der Waals surface area contributed by atoms with Crippen LogP contribution in [0.1, 0.15) is 149 Å². The topological polar surface area (TPSA) is 316 Å². The van der Waals surface area contributed by atoms with Gasteiger partial charge in [-0.3, -0.25) is 28.8 Å². The van der Waals surface area contributed by atoms with Gasteiger partial charge in [0.25, 0.3) is 0 Å². The summed E-state index contributed by atoms with van der Waals surface area (Å²) in [7, 11) is 1.51. The van der Waals surface area contributed by atoms with Gasteiger partial charge in [0.1, 0.15) is 37.2 Å². The van der Waals surface area contributed by atoms with Crippen molar-refractivity contribution in [2.24, 2.45) is 23.0 Å². The van der Waals surface area contributed by atoms with Crippen molar-refractivity contribution >= 4 is 71.1 Å². The van der Waals surface area contributed by atoms with E-state index in [2.05, 4.69) is 26.7 Å². The van der Waals surface area contributed by atoms with E-state index in [9.17, 15) is 47.9 Å². The van der Waals surface area contributed by atoms with Crippen molar-refractivity contribution in [2.75, 3.05) is 78.0 Å². The van der Waals surface area contributed by atoms with Crippen LogP contribution in [0.5, 0.6) is 5.75 Å². The fraction of sp³-hybridized carbons (Fsp3) is 0.607. The first kappa shape index (κ1) is 69.0. The van der Waals surface area contributed by atoms with Crippen LogP contribution in [0, 0.1) is 17.3 Å². The van der Waals surface area contributed by atoms with E-state index in [4.69, 9.17) is 29.4 Å². The van der Waals surface area contributed by atoms with Gasteiger partial charge in [-0.1, -0.05) is 66.2 Å². The van der Waals surface area contributed by atoms with Crippen LogP contribution < -0.4 is 37.2 Å².